The van der Waals surface area contributed by atoms with Crippen molar-refractivity contribution in [2.75, 3.05) is 37.6 Å². The van der Waals surface area contributed by atoms with Crippen LogP contribution in [0.25, 0.3) is 0 Å². The van der Waals surface area contributed by atoms with E-state index in [2.05, 4.69) is 84.4 Å². The van der Waals surface area contributed by atoms with E-state index in [1.165, 1.54) is 29.7 Å². The smallest absolute Gasteiger partial charge is 0.414 e. The highest BCUT2D eigenvalue weighted by atomic mass is 16.5. The molecule has 36 heavy (non-hydrogen) atoms. The van der Waals surface area contributed by atoms with Crippen LogP contribution < -0.4 is 15.0 Å². The van der Waals surface area contributed by atoms with Gasteiger partial charge in [0.15, 0.2) is 0 Å². The number of nitrogens with zero attached hydrogens (tertiary/aromatic N) is 2. The van der Waals surface area contributed by atoms with Crippen molar-refractivity contribution in [3.63, 3.8) is 0 Å². The third kappa shape index (κ3) is 11.1. The Kier molecular flexibility index (Phi) is 14.2. The van der Waals surface area contributed by atoms with E-state index in [9.17, 15) is 0 Å². The standard InChI is InChI=1S/C25H37N3O.C2H2O4.H2O/c1-4-5-14-26-19-22-10-12-23(13-11-22)20-27-15-17-28(18-16-27)24-8-6-7-9-25(24)29-21(2)3;3-1(4)2(5)6;/h6-13,21,26H,4-5,14-20H2,1-3H3;(H,3,4)(H,5,6);1H2. The van der Waals surface area contributed by atoms with Gasteiger partial charge in [-0.2, -0.15) is 0 Å². The zero-order valence-electron chi connectivity index (χ0n) is 21.6. The molecule has 0 unspecified atom stereocenters. The molecule has 1 aliphatic heterocycles. The fraction of sp³-hybridized carbons (Fsp3) is 0.481. The van der Waals surface area contributed by atoms with Crippen LogP contribution in [0, 0.1) is 0 Å². The Morgan fingerprint density at radius 3 is 2.08 bits per heavy atom. The van der Waals surface area contributed by atoms with Gasteiger partial charge in [-0.05, 0) is 50.1 Å². The monoisotopic (exact) mass is 503 g/mol. The van der Waals surface area contributed by atoms with E-state index < -0.39 is 11.9 Å². The fourth-order valence-electron chi connectivity index (χ4n) is 3.77. The van der Waals surface area contributed by atoms with Crippen molar-refractivity contribution in [1.82, 2.24) is 10.2 Å². The first-order valence-corrected chi connectivity index (χ1v) is 12.3. The Morgan fingerprint density at radius 1 is 0.944 bits per heavy atom. The summed E-state index contributed by atoms with van der Waals surface area (Å²) in [5.74, 6) is -2.65. The number of benzene rings is 2. The van der Waals surface area contributed by atoms with Crippen molar-refractivity contribution >= 4 is 17.6 Å². The minimum Gasteiger partial charge on any atom is -0.489 e. The van der Waals surface area contributed by atoms with Crippen molar-refractivity contribution in [2.45, 2.75) is 52.8 Å². The van der Waals surface area contributed by atoms with E-state index in [0.29, 0.717) is 0 Å². The number of ether oxygens (including phenoxy) is 1. The molecule has 0 aliphatic carbocycles. The predicted molar refractivity (Wildman–Crippen MR) is 142 cm³/mol. The summed E-state index contributed by atoms with van der Waals surface area (Å²) in [5.41, 5.74) is 4.00. The maximum Gasteiger partial charge on any atom is 0.414 e. The molecule has 0 atom stereocenters. The van der Waals surface area contributed by atoms with Crippen LogP contribution in [-0.2, 0) is 22.7 Å². The van der Waals surface area contributed by atoms with Gasteiger partial charge >= 0.3 is 11.9 Å². The molecule has 3 rings (SSSR count). The molecule has 2 aromatic carbocycles. The molecule has 0 saturated carbocycles. The number of carbonyl (C=O) groups is 2. The Bertz CT molecular complexity index is 900. The van der Waals surface area contributed by atoms with Crippen molar-refractivity contribution < 1.29 is 30.0 Å². The highest BCUT2D eigenvalue weighted by molar-refractivity contribution is 6.27. The number of aliphatic carboxylic acids is 2. The maximum atomic E-state index is 9.10. The summed E-state index contributed by atoms with van der Waals surface area (Å²) in [5, 5.41) is 18.3. The fourth-order valence-corrected chi connectivity index (χ4v) is 3.77. The van der Waals surface area contributed by atoms with Gasteiger partial charge in [-0.1, -0.05) is 49.7 Å². The van der Waals surface area contributed by atoms with Gasteiger partial charge in [0, 0.05) is 39.3 Å². The topological polar surface area (TPSA) is 134 Å². The molecule has 9 heteroatoms. The Morgan fingerprint density at radius 2 is 1.53 bits per heavy atom. The molecule has 1 fully saturated rings. The Hall–Kier alpha value is -3.14. The second-order valence-corrected chi connectivity index (χ2v) is 8.85. The van der Waals surface area contributed by atoms with Crippen LogP contribution in [0.5, 0.6) is 5.75 Å². The lowest BCUT2D eigenvalue weighted by molar-refractivity contribution is -0.159. The SMILES string of the molecule is CCCCNCc1ccc(CN2CCN(c3ccccc3OC(C)C)CC2)cc1.O.O=C(O)C(=O)O. The number of piperazine rings is 1. The number of hydrogen-bond acceptors (Lipinski definition) is 6. The molecule has 1 aliphatic rings. The number of rotatable bonds is 10. The number of carboxylic acids is 2. The minimum atomic E-state index is -1.82. The summed E-state index contributed by atoms with van der Waals surface area (Å²) in [7, 11) is 0. The van der Waals surface area contributed by atoms with E-state index in [1.807, 2.05) is 0 Å². The zero-order chi connectivity index (χ0) is 25.6. The number of para-hydroxylation sites is 2. The number of hydrogen-bond donors (Lipinski definition) is 3. The van der Waals surface area contributed by atoms with Crippen LogP contribution in [-0.4, -0.2) is 71.4 Å². The van der Waals surface area contributed by atoms with E-state index in [4.69, 9.17) is 24.5 Å². The van der Waals surface area contributed by atoms with Crippen LogP contribution in [0.4, 0.5) is 5.69 Å². The largest absolute Gasteiger partial charge is 0.489 e. The van der Waals surface area contributed by atoms with E-state index >= 15 is 0 Å². The number of carboxylic acid groups (broad SMARTS) is 2. The first kappa shape index (κ1) is 30.9. The molecule has 0 aromatic heterocycles. The molecule has 0 amide bonds. The van der Waals surface area contributed by atoms with Gasteiger partial charge in [0.25, 0.3) is 0 Å². The molecular weight excluding hydrogens is 462 g/mol. The summed E-state index contributed by atoms with van der Waals surface area (Å²) in [6.45, 7) is 13.7. The molecule has 2 aromatic rings. The number of nitrogens with one attached hydrogen (secondary N) is 1. The number of anilines is 1. The van der Waals surface area contributed by atoms with Crippen LogP contribution in [0.3, 0.4) is 0 Å². The average molecular weight is 504 g/mol. The minimum absolute atomic E-state index is 0. The van der Waals surface area contributed by atoms with Gasteiger partial charge in [0.05, 0.1) is 11.8 Å². The lowest BCUT2D eigenvalue weighted by atomic mass is 10.1. The third-order valence-corrected chi connectivity index (χ3v) is 5.59. The van der Waals surface area contributed by atoms with Crippen molar-refractivity contribution in [1.29, 1.82) is 0 Å². The molecule has 0 bridgehead atoms. The lowest BCUT2D eigenvalue weighted by Gasteiger charge is -2.37. The first-order chi connectivity index (χ1) is 16.8. The van der Waals surface area contributed by atoms with Gasteiger partial charge in [-0.25, -0.2) is 9.59 Å². The van der Waals surface area contributed by atoms with Gasteiger partial charge in [-0.15, -0.1) is 0 Å². The summed E-state index contributed by atoms with van der Waals surface area (Å²) in [6, 6.07) is 17.5. The van der Waals surface area contributed by atoms with E-state index in [1.54, 1.807) is 0 Å². The van der Waals surface area contributed by atoms with Gasteiger partial charge < -0.3 is 30.6 Å². The average Bonchev–Trinajstić information content (AvgIpc) is 2.84. The van der Waals surface area contributed by atoms with Crippen LogP contribution in [0.2, 0.25) is 0 Å². The van der Waals surface area contributed by atoms with Crippen molar-refractivity contribution in [3.8, 4) is 5.75 Å². The molecule has 1 heterocycles. The molecule has 1 saturated heterocycles. The summed E-state index contributed by atoms with van der Waals surface area (Å²) in [6.07, 6.45) is 2.69. The molecule has 0 spiro atoms. The van der Waals surface area contributed by atoms with Crippen molar-refractivity contribution in [3.05, 3.63) is 59.7 Å². The molecular formula is C27H41N3O6. The molecule has 0 radical (unpaired) electrons. The van der Waals surface area contributed by atoms with Gasteiger partial charge in [-0.3, -0.25) is 4.90 Å². The second-order valence-electron chi connectivity index (χ2n) is 8.85. The summed E-state index contributed by atoms with van der Waals surface area (Å²) >= 11 is 0. The number of unbranched alkanes of at least 4 members (excludes halogenated alkanes) is 1. The van der Waals surface area contributed by atoms with Crippen LogP contribution in [0.15, 0.2) is 48.5 Å². The quantitative estimate of drug-likeness (QED) is 0.333. The first-order valence-electron chi connectivity index (χ1n) is 12.3. The van der Waals surface area contributed by atoms with E-state index in [-0.39, 0.29) is 11.6 Å². The molecule has 5 N–H and O–H groups in total. The maximum absolute atomic E-state index is 9.10. The summed E-state index contributed by atoms with van der Waals surface area (Å²) in [4.78, 5) is 23.2. The van der Waals surface area contributed by atoms with E-state index in [0.717, 1.165) is 51.6 Å². The summed E-state index contributed by atoms with van der Waals surface area (Å²) < 4.78 is 6.01. The van der Waals surface area contributed by atoms with Crippen LogP contribution >= 0.6 is 0 Å². The highest BCUT2D eigenvalue weighted by Gasteiger charge is 2.20. The van der Waals surface area contributed by atoms with Gasteiger partial charge in [0.2, 0.25) is 0 Å². The zero-order valence-corrected chi connectivity index (χ0v) is 21.6. The second kappa shape index (κ2) is 16.5. The van der Waals surface area contributed by atoms with Crippen LogP contribution in [0.1, 0.15) is 44.7 Å². The van der Waals surface area contributed by atoms with Crippen molar-refractivity contribution in [2.24, 2.45) is 0 Å². The highest BCUT2D eigenvalue weighted by Crippen LogP contribution is 2.29. The Labute approximate surface area is 214 Å². The Balaban J connectivity index is 0.000000827. The normalized spacial score (nSPS) is 13.4. The molecule has 9 nitrogen and oxygen atoms in total. The third-order valence-electron chi connectivity index (χ3n) is 5.59. The lowest BCUT2D eigenvalue weighted by Crippen LogP contribution is -2.46. The van der Waals surface area contributed by atoms with Gasteiger partial charge in [0.1, 0.15) is 5.75 Å². The molecule has 200 valence electrons. The predicted octanol–water partition coefficient (Wildman–Crippen LogP) is 3.02.